The van der Waals surface area contributed by atoms with Crippen molar-refractivity contribution in [1.82, 2.24) is 5.32 Å². The summed E-state index contributed by atoms with van der Waals surface area (Å²) in [6.07, 6.45) is 0. The summed E-state index contributed by atoms with van der Waals surface area (Å²) in [5.74, 6) is -0.783. The summed E-state index contributed by atoms with van der Waals surface area (Å²) in [5, 5.41) is 2.98. The Kier molecular flexibility index (Phi) is 6.45. The van der Waals surface area contributed by atoms with Crippen LogP contribution >= 0.6 is 0 Å². The molecule has 0 aliphatic heterocycles. The van der Waals surface area contributed by atoms with Gasteiger partial charge in [-0.1, -0.05) is 91.0 Å². The second kappa shape index (κ2) is 9.20. The minimum atomic E-state index is -0.834. The Labute approximate surface area is 171 Å². The lowest BCUT2D eigenvalue weighted by Crippen LogP contribution is -2.37. The van der Waals surface area contributed by atoms with Gasteiger partial charge in [-0.2, -0.15) is 0 Å². The smallest absolute Gasteiger partial charge is 0.316 e. The molecule has 4 heteroatoms. The van der Waals surface area contributed by atoms with Gasteiger partial charge in [0.25, 0.3) is 5.91 Å². The molecule has 148 valence electrons. The van der Waals surface area contributed by atoms with Crippen molar-refractivity contribution in [3.63, 3.8) is 0 Å². The Hall–Kier alpha value is -3.40. The van der Waals surface area contributed by atoms with Gasteiger partial charge in [0, 0.05) is 0 Å². The largest absolute Gasteiger partial charge is 0.455 e. The van der Waals surface area contributed by atoms with Crippen molar-refractivity contribution < 1.29 is 14.3 Å². The number of carbonyl (C=O) groups excluding carboxylic acids is 2. The Morgan fingerprint density at radius 3 is 1.72 bits per heavy atom. The third-order valence-electron chi connectivity index (χ3n) is 4.91. The highest BCUT2D eigenvalue weighted by atomic mass is 16.5. The van der Waals surface area contributed by atoms with Crippen LogP contribution in [0.4, 0.5) is 0 Å². The molecule has 3 aromatic carbocycles. The van der Waals surface area contributed by atoms with Crippen LogP contribution in [0.25, 0.3) is 0 Å². The molecule has 0 unspecified atom stereocenters. The summed E-state index contributed by atoms with van der Waals surface area (Å²) in [7, 11) is 0. The van der Waals surface area contributed by atoms with E-state index in [1.165, 1.54) is 0 Å². The van der Waals surface area contributed by atoms with Crippen molar-refractivity contribution in [3.05, 3.63) is 108 Å². The first-order valence-corrected chi connectivity index (χ1v) is 9.60. The highest BCUT2D eigenvalue weighted by molar-refractivity contribution is 5.86. The van der Waals surface area contributed by atoms with E-state index >= 15 is 0 Å². The van der Waals surface area contributed by atoms with E-state index in [2.05, 4.69) is 5.32 Å². The summed E-state index contributed by atoms with van der Waals surface area (Å²) in [6.45, 7) is 3.25. The van der Waals surface area contributed by atoms with Gasteiger partial charge in [0.15, 0.2) is 6.61 Å². The van der Waals surface area contributed by atoms with Crippen molar-refractivity contribution in [2.45, 2.75) is 25.3 Å². The van der Waals surface area contributed by atoms with Crippen LogP contribution in [0.2, 0.25) is 0 Å². The Morgan fingerprint density at radius 1 is 0.793 bits per heavy atom. The zero-order valence-corrected chi connectivity index (χ0v) is 16.7. The van der Waals surface area contributed by atoms with E-state index in [1.807, 2.05) is 91.0 Å². The molecule has 0 aliphatic carbocycles. The van der Waals surface area contributed by atoms with Crippen LogP contribution in [0.15, 0.2) is 91.0 Å². The molecule has 0 aliphatic rings. The van der Waals surface area contributed by atoms with E-state index in [9.17, 15) is 9.59 Å². The number of amides is 1. The standard InChI is InChI=1S/C25H25NO3/c1-25(2,21-16-10-5-11-17-21)24(28)29-18-22(27)26-23(19-12-6-3-7-13-19)20-14-8-4-9-15-20/h3-17,23H,18H2,1-2H3,(H,26,27). The molecule has 1 N–H and O–H groups in total. The average Bonchev–Trinajstić information content (AvgIpc) is 2.77. The molecule has 4 nitrogen and oxygen atoms in total. The van der Waals surface area contributed by atoms with E-state index in [-0.39, 0.29) is 18.6 Å². The maximum atomic E-state index is 12.6. The van der Waals surface area contributed by atoms with Crippen LogP contribution < -0.4 is 5.32 Å². The van der Waals surface area contributed by atoms with Crippen LogP contribution in [0.1, 0.15) is 36.6 Å². The second-order valence-electron chi connectivity index (χ2n) is 7.39. The normalized spacial score (nSPS) is 11.1. The Balaban J connectivity index is 1.67. The van der Waals surface area contributed by atoms with Gasteiger partial charge in [0.2, 0.25) is 0 Å². The number of benzene rings is 3. The molecule has 0 saturated carbocycles. The SMILES string of the molecule is CC(C)(C(=O)OCC(=O)NC(c1ccccc1)c1ccccc1)c1ccccc1. The summed E-state index contributed by atoms with van der Waals surface area (Å²) < 4.78 is 5.34. The molecule has 3 aromatic rings. The summed E-state index contributed by atoms with van der Waals surface area (Å²) >= 11 is 0. The molecule has 1 amide bonds. The van der Waals surface area contributed by atoms with E-state index in [1.54, 1.807) is 13.8 Å². The summed E-state index contributed by atoms with van der Waals surface area (Å²) in [4.78, 5) is 25.2. The molecule has 0 saturated heterocycles. The van der Waals surface area contributed by atoms with Gasteiger partial charge in [0.05, 0.1) is 11.5 Å². The lowest BCUT2D eigenvalue weighted by atomic mass is 9.85. The highest BCUT2D eigenvalue weighted by Crippen LogP contribution is 2.25. The van der Waals surface area contributed by atoms with Gasteiger partial charge in [-0.05, 0) is 30.5 Å². The fourth-order valence-corrected chi connectivity index (χ4v) is 3.14. The molecule has 0 radical (unpaired) electrons. The minimum absolute atomic E-state index is 0.314. The second-order valence-corrected chi connectivity index (χ2v) is 7.39. The molecule has 0 atom stereocenters. The molecule has 0 bridgehead atoms. The average molecular weight is 387 g/mol. The molecular weight excluding hydrogens is 362 g/mol. The van der Waals surface area contributed by atoms with Crippen LogP contribution in [0.3, 0.4) is 0 Å². The fourth-order valence-electron chi connectivity index (χ4n) is 3.14. The number of hydrogen-bond donors (Lipinski definition) is 1. The van der Waals surface area contributed by atoms with Gasteiger partial charge in [-0.25, -0.2) is 0 Å². The van der Waals surface area contributed by atoms with Crippen LogP contribution in [0, 0.1) is 0 Å². The monoisotopic (exact) mass is 387 g/mol. The third kappa shape index (κ3) is 5.11. The van der Waals surface area contributed by atoms with E-state index in [0.717, 1.165) is 16.7 Å². The van der Waals surface area contributed by atoms with Crippen molar-refractivity contribution >= 4 is 11.9 Å². The van der Waals surface area contributed by atoms with Crippen molar-refractivity contribution in [2.24, 2.45) is 0 Å². The fraction of sp³-hybridized carbons (Fsp3) is 0.200. The minimum Gasteiger partial charge on any atom is -0.455 e. The lowest BCUT2D eigenvalue weighted by Gasteiger charge is -2.24. The van der Waals surface area contributed by atoms with Crippen molar-refractivity contribution in [1.29, 1.82) is 0 Å². The Morgan fingerprint density at radius 2 is 1.24 bits per heavy atom. The third-order valence-corrected chi connectivity index (χ3v) is 4.91. The number of rotatable bonds is 7. The topological polar surface area (TPSA) is 55.4 Å². The first-order chi connectivity index (χ1) is 14.0. The quantitative estimate of drug-likeness (QED) is 0.611. The predicted octanol–water partition coefficient (Wildman–Crippen LogP) is 4.41. The van der Waals surface area contributed by atoms with Crippen molar-refractivity contribution in [3.8, 4) is 0 Å². The lowest BCUT2D eigenvalue weighted by molar-refractivity contribution is -0.153. The molecule has 3 rings (SSSR count). The molecule has 0 heterocycles. The first kappa shape index (κ1) is 20.3. The van der Waals surface area contributed by atoms with Gasteiger partial charge >= 0.3 is 5.97 Å². The molecule has 0 fully saturated rings. The van der Waals surface area contributed by atoms with Crippen LogP contribution in [-0.4, -0.2) is 18.5 Å². The van der Waals surface area contributed by atoms with Gasteiger partial charge in [-0.15, -0.1) is 0 Å². The zero-order valence-electron chi connectivity index (χ0n) is 16.7. The number of ether oxygens (including phenoxy) is 1. The number of hydrogen-bond acceptors (Lipinski definition) is 3. The maximum Gasteiger partial charge on any atom is 0.316 e. The number of esters is 1. The number of carbonyl (C=O) groups is 2. The maximum absolute atomic E-state index is 12.6. The Bertz CT molecular complexity index is 898. The molecule has 0 spiro atoms. The molecule has 0 aromatic heterocycles. The van der Waals surface area contributed by atoms with E-state index < -0.39 is 11.4 Å². The van der Waals surface area contributed by atoms with Gasteiger partial charge < -0.3 is 10.1 Å². The summed E-state index contributed by atoms with van der Waals surface area (Å²) in [6, 6.07) is 28.5. The highest BCUT2D eigenvalue weighted by Gasteiger charge is 2.32. The molecular formula is C25H25NO3. The van der Waals surface area contributed by atoms with Gasteiger partial charge in [-0.3, -0.25) is 9.59 Å². The predicted molar refractivity (Wildman–Crippen MR) is 113 cm³/mol. The van der Waals surface area contributed by atoms with Gasteiger partial charge in [0.1, 0.15) is 0 Å². The van der Waals surface area contributed by atoms with E-state index in [0.29, 0.717) is 0 Å². The van der Waals surface area contributed by atoms with Crippen molar-refractivity contribution in [2.75, 3.05) is 6.61 Å². The van der Waals surface area contributed by atoms with Crippen LogP contribution in [-0.2, 0) is 19.7 Å². The van der Waals surface area contributed by atoms with Crippen LogP contribution in [0.5, 0.6) is 0 Å². The molecule has 29 heavy (non-hydrogen) atoms. The first-order valence-electron chi connectivity index (χ1n) is 9.60. The summed E-state index contributed by atoms with van der Waals surface area (Å²) in [5.41, 5.74) is 1.93. The van der Waals surface area contributed by atoms with E-state index in [4.69, 9.17) is 4.74 Å². The number of nitrogens with one attached hydrogen (secondary N) is 1. The zero-order chi connectivity index (χ0) is 20.7.